The average Bonchev–Trinajstić information content (AvgIpc) is 2.98. The third-order valence-electron chi connectivity index (χ3n) is 4.37. The van der Waals surface area contributed by atoms with Crippen LogP contribution in [0.25, 0.3) is 0 Å². The third kappa shape index (κ3) is 3.28. The second kappa shape index (κ2) is 6.89. The summed E-state index contributed by atoms with van der Waals surface area (Å²) in [5.41, 5.74) is 2.59. The first-order valence-corrected chi connectivity index (χ1v) is 7.94. The van der Waals surface area contributed by atoms with Gasteiger partial charge in [0.15, 0.2) is 5.78 Å². The zero-order valence-electron chi connectivity index (χ0n) is 12.6. The van der Waals surface area contributed by atoms with Gasteiger partial charge in [-0.3, -0.25) is 4.79 Å². The Balaban J connectivity index is 1.73. The Morgan fingerprint density at radius 1 is 1.41 bits per heavy atom. The summed E-state index contributed by atoms with van der Waals surface area (Å²) in [7, 11) is 0. The molecule has 1 saturated heterocycles. The number of nitrogens with zero attached hydrogens (tertiary/aromatic N) is 2. The van der Waals surface area contributed by atoms with Crippen LogP contribution in [0.2, 0.25) is 0 Å². The molecule has 0 N–H and O–H groups in total. The molecular weight excluding hydrogens is 280 g/mol. The largest absolute Gasteiger partial charge is 0.469 e. The van der Waals surface area contributed by atoms with E-state index >= 15 is 0 Å². The van der Waals surface area contributed by atoms with Gasteiger partial charge in [-0.2, -0.15) is 5.26 Å². The van der Waals surface area contributed by atoms with Crippen molar-refractivity contribution in [2.75, 3.05) is 19.8 Å². The fourth-order valence-electron chi connectivity index (χ4n) is 3.03. The SMILES string of the molecule is N#Cc1cc2c(nc1OCC(=O)C1CCOC1)CCCCC2. The second-order valence-corrected chi connectivity index (χ2v) is 5.93. The second-order valence-electron chi connectivity index (χ2n) is 5.93. The molecule has 0 bridgehead atoms. The van der Waals surface area contributed by atoms with Crippen LogP contribution < -0.4 is 4.74 Å². The van der Waals surface area contributed by atoms with Gasteiger partial charge in [-0.1, -0.05) is 6.42 Å². The highest BCUT2D eigenvalue weighted by molar-refractivity contribution is 5.82. The lowest BCUT2D eigenvalue weighted by atomic mass is 10.0. The quantitative estimate of drug-likeness (QED) is 0.797. The minimum atomic E-state index is -0.0774. The molecule has 5 nitrogen and oxygen atoms in total. The number of hydrogen-bond donors (Lipinski definition) is 0. The van der Waals surface area contributed by atoms with Crippen LogP contribution >= 0.6 is 0 Å². The molecule has 1 aromatic heterocycles. The van der Waals surface area contributed by atoms with Crippen LogP contribution in [-0.2, 0) is 22.4 Å². The van der Waals surface area contributed by atoms with E-state index in [1.54, 1.807) is 0 Å². The average molecular weight is 300 g/mol. The summed E-state index contributed by atoms with van der Waals surface area (Å²) in [5, 5.41) is 9.29. The number of Topliss-reactive ketones (excluding diaryl/α,β-unsaturated/α-hetero) is 1. The van der Waals surface area contributed by atoms with Gasteiger partial charge in [0.1, 0.15) is 18.2 Å². The Labute approximate surface area is 130 Å². The smallest absolute Gasteiger partial charge is 0.232 e. The molecule has 1 fully saturated rings. The molecule has 0 spiro atoms. The Hall–Kier alpha value is -1.93. The first-order valence-electron chi connectivity index (χ1n) is 7.94. The fourth-order valence-corrected chi connectivity index (χ4v) is 3.03. The predicted molar refractivity (Wildman–Crippen MR) is 79.6 cm³/mol. The van der Waals surface area contributed by atoms with Crippen molar-refractivity contribution in [2.24, 2.45) is 5.92 Å². The number of hydrogen-bond acceptors (Lipinski definition) is 5. The topological polar surface area (TPSA) is 72.2 Å². The van der Waals surface area contributed by atoms with Gasteiger partial charge < -0.3 is 9.47 Å². The highest BCUT2D eigenvalue weighted by Gasteiger charge is 2.24. The Morgan fingerprint density at radius 2 is 2.27 bits per heavy atom. The molecule has 3 rings (SSSR count). The minimum absolute atomic E-state index is 0.0260. The molecule has 0 saturated carbocycles. The van der Waals surface area contributed by atoms with Crippen LogP contribution in [0.3, 0.4) is 0 Å². The molecule has 1 unspecified atom stereocenters. The Bertz CT molecular complexity index is 601. The number of rotatable bonds is 4. The van der Waals surface area contributed by atoms with Gasteiger partial charge in [0, 0.05) is 18.2 Å². The standard InChI is InChI=1S/C17H20N2O3/c18-9-14-8-12-4-2-1-3-5-15(12)19-17(14)22-11-16(20)13-6-7-21-10-13/h8,13H,1-7,10-11H2. The van der Waals surface area contributed by atoms with Crippen molar-refractivity contribution in [3.8, 4) is 11.9 Å². The van der Waals surface area contributed by atoms with Crippen molar-refractivity contribution in [3.63, 3.8) is 0 Å². The van der Waals surface area contributed by atoms with Crippen molar-refractivity contribution in [2.45, 2.75) is 38.5 Å². The molecule has 116 valence electrons. The number of nitriles is 1. The summed E-state index contributed by atoms with van der Waals surface area (Å²) in [4.78, 5) is 16.6. The summed E-state index contributed by atoms with van der Waals surface area (Å²) < 4.78 is 10.8. The van der Waals surface area contributed by atoms with Crippen molar-refractivity contribution in [1.29, 1.82) is 5.26 Å². The van der Waals surface area contributed by atoms with Crippen molar-refractivity contribution < 1.29 is 14.3 Å². The molecule has 0 amide bonds. The molecule has 0 radical (unpaired) electrons. The van der Waals surface area contributed by atoms with Crippen LogP contribution in [0.15, 0.2) is 6.07 Å². The summed E-state index contributed by atoms with van der Waals surface area (Å²) in [6.07, 6.45) is 6.08. The van der Waals surface area contributed by atoms with Gasteiger partial charge in [-0.15, -0.1) is 0 Å². The van der Waals surface area contributed by atoms with Gasteiger partial charge in [-0.25, -0.2) is 4.98 Å². The van der Waals surface area contributed by atoms with Crippen LogP contribution in [-0.4, -0.2) is 30.6 Å². The predicted octanol–water partition coefficient (Wildman–Crippen LogP) is 2.21. The molecule has 2 aliphatic rings. The van der Waals surface area contributed by atoms with Gasteiger partial charge in [0.25, 0.3) is 0 Å². The lowest BCUT2D eigenvalue weighted by molar-refractivity contribution is -0.124. The highest BCUT2D eigenvalue weighted by Crippen LogP contribution is 2.25. The molecule has 5 heteroatoms. The van der Waals surface area contributed by atoms with Crippen LogP contribution in [0.4, 0.5) is 0 Å². The van der Waals surface area contributed by atoms with Crippen molar-refractivity contribution in [3.05, 3.63) is 22.9 Å². The number of aromatic nitrogens is 1. The highest BCUT2D eigenvalue weighted by atomic mass is 16.5. The van der Waals surface area contributed by atoms with E-state index in [1.807, 2.05) is 6.07 Å². The number of carbonyl (C=O) groups excluding carboxylic acids is 1. The maximum Gasteiger partial charge on any atom is 0.232 e. The minimum Gasteiger partial charge on any atom is -0.469 e. The van der Waals surface area contributed by atoms with E-state index in [0.29, 0.717) is 24.7 Å². The third-order valence-corrected chi connectivity index (χ3v) is 4.37. The maximum absolute atomic E-state index is 12.0. The summed E-state index contributed by atoms with van der Waals surface area (Å²) in [6.45, 7) is 1.08. The fraction of sp³-hybridized carbons (Fsp3) is 0.588. The lowest BCUT2D eigenvalue weighted by Crippen LogP contribution is -2.22. The molecular formula is C17H20N2O3. The van der Waals surface area contributed by atoms with Crippen molar-refractivity contribution >= 4 is 5.78 Å². The van der Waals surface area contributed by atoms with E-state index < -0.39 is 0 Å². The summed E-state index contributed by atoms with van der Waals surface area (Å²) in [6, 6.07) is 4.02. The number of carbonyl (C=O) groups is 1. The normalized spacial score (nSPS) is 20.8. The van der Waals surface area contributed by atoms with E-state index in [2.05, 4.69) is 11.1 Å². The van der Waals surface area contributed by atoms with Crippen LogP contribution in [0, 0.1) is 17.2 Å². The monoisotopic (exact) mass is 300 g/mol. The number of ether oxygens (including phenoxy) is 2. The van der Waals surface area contributed by atoms with Crippen LogP contribution in [0.5, 0.6) is 5.88 Å². The maximum atomic E-state index is 12.0. The van der Waals surface area contributed by atoms with Gasteiger partial charge >= 0.3 is 0 Å². The lowest BCUT2D eigenvalue weighted by Gasteiger charge is -2.12. The summed E-state index contributed by atoms with van der Waals surface area (Å²) >= 11 is 0. The first kappa shape index (κ1) is 15.0. The van der Waals surface area contributed by atoms with Gasteiger partial charge in [-0.05, 0) is 43.7 Å². The Morgan fingerprint density at radius 3 is 3.05 bits per heavy atom. The van der Waals surface area contributed by atoms with E-state index in [9.17, 15) is 10.1 Å². The zero-order chi connectivity index (χ0) is 15.4. The Kier molecular flexibility index (Phi) is 4.69. The molecule has 1 aliphatic carbocycles. The van der Waals surface area contributed by atoms with E-state index in [-0.39, 0.29) is 18.3 Å². The molecule has 2 heterocycles. The molecule has 1 atom stereocenters. The summed E-state index contributed by atoms with van der Waals surface area (Å²) in [5.74, 6) is 0.250. The molecule has 0 aromatic carbocycles. The van der Waals surface area contributed by atoms with E-state index in [4.69, 9.17) is 9.47 Å². The first-order chi connectivity index (χ1) is 10.8. The van der Waals surface area contributed by atoms with Gasteiger partial charge in [0.05, 0.1) is 6.61 Å². The van der Waals surface area contributed by atoms with E-state index in [0.717, 1.165) is 43.4 Å². The molecule has 1 aliphatic heterocycles. The zero-order valence-corrected chi connectivity index (χ0v) is 12.6. The number of aryl methyl sites for hydroxylation is 2. The van der Waals surface area contributed by atoms with E-state index in [1.165, 1.54) is 6.42 Å². The number of fused-ring (bicyclic) bond motifs is 1. The number of ketones is 1. The molecule has 1 aromatic rings. The number of pyridine rings is 1. The van der Waals surface area contributed by atoms with Crippen molar-refractivity contribution in [1.82, 2.24) is 4.98 Å². The molecule has 22 heavy (non-hydrogen) atoms. The van der Waals surface area contributed by atoms with Gasteiger partial charge in [0.2, 0.25) is 5.88 Å². The van der Waals surface area contributed by atoms with Crippen LogP contribution in [0.1, 0.15) is 42.5 Å².